The van der Waals surface area contributed by atoms with Gasteiger partial charge in [0.2, 0.25) is 0 Å². The van der Waals surface area contributed by atoms with Crippen LogP contribution in [0.5, 0.6) is 0 Å². The smallest absolute Gasteiger partial charge is 0.256 e. The van der Waals surface area contributed by atoms with E-state index in [1.807, 2.05) is 6.92 Å². The number of hydrogen-bond donors (Lipinski definition) is 4. The van der Waals surface area contributed by atoms with Gasteiger partial charge in [-0.2, -0.15) is 0 Å². The zero-order valence-electron chi connectivity index (χ0n) is 17.8. The molecule has 0 spiro atoms. The molecule has 1 aliphatic rings. The number of fused-ring (bicyclic) bond motifs is 1. The zero-order valence-corrected chi connectivity index (χ0v) is 17.8. The summed E-state index contributed by atoms with van der Waals surface area (Å²) in [5.74, 6) is -1.08. The van der Waals surface area contributed by atoms with Crippen LogP contribution in [0.2, 0.25) is 0 Å². The lowest BCUT2D eigenvalue weighted by molar-refractivity contribution is -0.110. The number of H-pyrrole nitrogens is 1. The fourth-order valence-electron chi connectivity index (χ4n) is 3.69. The summed E-state index contributed by atoms with van der Waals surface area (Å²) in [6.45, 7) is 9.49. The van der Waals surface area contributed by atoms with Crippen LogP contribution in [0.1, 0.15) is 46.2 Å². The maximum Gasteiger partial charge on any atom is 0.256 e. The summed E-state index contributed by atoms with van der Waals surface area (Å²) in [6, 6.07) is 4.11. The molecule has 0 bridgehead atoms. The Bertz CT molecular complexity index is 1070. The Hall–Kier alpha value is -3.39. The van der Waals surface area contributed by atoms with E-state index in [0.717, 1.165) is 0 Å². The van der Waals surface area contributed by atoms with E-state index < -0.39 is 5.82 Å². The van der Waals surface area contributed by atoms with E-state index in [2.05, 4.69) is 22.2 Å². The first-order valence-electron chi connectivity index (χ1n) is 9.99. The van der Waals surface area contributed by atoms with Gasteiger partial charge in [-0.05, 0) is 50.6 Å². The van der Waals surface area contributed by atoms with Gasteiger partial charge >= 0.3 is 0 Å². The molecule has 1 aliphatic heterocycles. The molecule has 1 unspecified atom stereocenters. The molecule has 4 N–H and O–H groups in total. The largest absolute Gasteiger partial charge is 0.513 e. The Morgan fingerprint density at radius 3 is 2.81 bits per heavy atom. The van der Waals surface area contributed by atoms with Gasteiger partial charge in [0.1, 0.15) is 5.82 Å². The van der Waals surface area contributed by atoms with Gasteiger partial charge < -0.3 is 25.5 Å². The first-order valence-corrected chi connectivity index (χ1v) is 9.99. The summed E-state index contributed by atoms with van der Waals surface area (Å²) in [5, 5.41) is 14.9. The van der Waals surface area contributed by atoms with E-state index in [1.165, 1.54) is 18.2 Å². The number of ether oxygens (including phenoxy) is 1. The van der Waals surface area contributed by atoms with Gasteiger partial charge in [-0.3, -0.25) is 9.59 Å². The lowest BCUT2D eigenvalue weighted by atomic mass is 10.0. The Labute approximate surface area is 180 Å². The minimum Gasteiger partial charge on any atom is -0.513 e. The van der Waals surface area contributed by atoms with Crippen molar-refractivity contribution in [1.82, 2.24) is 10.3 Å². The lowest BCUT2D eigenvalue weighted by Crippen LogP contribution is -2.34. The molecule has 1 atom stereocenters. The molecular weight excluding hydrogens is 401 g/mol. The van der Waals surface area contributed by atoms with Crippen LogP contribution in [0.25, 0.3) is 11.6 Å². The highest BCUT2D eigenvalue weighted by atomic mass is 19.1. The van der Waals surface area contributed by atoms with Crippen LogP contribution in [0.3, 0.4) is 0 Å². The van der Waals surface area contributed by atoms with Crippen molar-refractivity contribution >= 4 is 29.2 Å². The number of benzene rings is 1. The number of halogens is 1. The molecule has 1 aromatic carbocycles. The molecule has 8 heteroatoms. The standard InChI is InChI=1S/C23H26FN3O4/c1-5-31-16(8-12(2)28)11-25-23(30)21-13(3)20(26-14(21)4)10-18-17-9-15(24)6-7-19(17)27-22(18)29/h6-7,9-10,16,26,28H,2,5,8,11H2,1,3-4H3,(H,25,30)(H,27,29)/b18-10-. The molecule has 31 heavy (non-hydrogen) atoms. The molecule has 164 valence electrons. The van der Waals surface area contributed by atoms with Gasteiger partial charge in [0.05, 0.1) is 23.0 Å². The van der Waals surface area contributed by atoms with Crippen molar-refractivity contribution in [3.05, 3.63) is 64.4 Å². The number of nitrogens with one attached hydrogen (secondary N) is 3. The molecule has 0 saturated heterocycles. The number of amides is 2. The fourth-order valence-corrected chi connectivity index (χ4v) is 3.69. The van der Waals surface area contributed by atoms with Crippen molar-refractivity contribution in [2.45, 2.75) is 33.3 Å². The Morgan fingerprint density at radius 1 is 1.39 bits per heavy atom. The average molecular weight is 427 g/mol. The van der Waals surface area contributed by atoms with Crippen LogP contribution in [-0.4, -0.2) is 41.2 Å². The summed E-state index contributed by atoms with van der Waals surface area (Å²) in [6.07, 6.45) is 1.46. The number of carbonyl (C=O) groups excluding carboxylic acids is 2. The first kappa shape index (κ1) is 22.3. The summed E-state index contributed by atoms with van der Waals surface area (Å²) >= 11 is 0. The second-order valence-corrected chi connectivity index (χ2v) is 7.42. The minimum atomic E-state index is -0.435. The molecule has 2 aromatic rings. The third kappa shape index (κ3) is 4.86. The first-order chi connectivity index (χ1) is 14.7. The van der Waals surface area contributed by atoms with Gasteiger partial charge in [-0.1, -0.05) is 6.58 Å². The van der Waals surface area contributed by atoms with E-state index in [9.17, 15) is 19.1 Å². The molecule has 0 saturated carbocycles. The van der Waals surface area contributed by atoms with Crippen LogP contribution in [0, 0.1) is 19.7 Å². The summed E-state index contributed by atoms with van der Waals surface area (Å²) in [5.41, 5.74) is 3.70. The van der Waals surface area contributed by atoms with Crippen molar-refractivity contribution in [3.8, 4) is 0 Å². The van der Waals surface area contributed by atoms with Gasteiger partial charge in [-0.25, -0.2) is 4.39 Å². The molecule has 1 aromatic heterocycles. The molecule has 2 amide bonds. The van der Waals surface area contributed by atoms with E-state index in [4.69, 9.17) is 4.74 Å². The van der Waals surface area contributed by atoms with Crippen LogP contribution in [0.15, 0.2) is 30.5 Å². The maximum absolute atomic E-state index is 13.7. The molecule has 0 aliphatic carbocycles. The summed E-state index contributed by atoms with van der Waals surface area (Å²) < 4.78 is 19.2. The molecule has 3 rings (SSSR count). The lowest BCUT2D eigenvalue weighted by Gasteiger charge is -2.17. The number of aryl methyl sites for hydroxylation is 1. The predicted octanol–water partition coefficient (Wildman–Crippen LogP) is 3.86. The molecule has 2 heterocycles. The molecule has 0 fully saturated rings. The van der Waals surface area contributed by atoms with Crippen LogP contribution in [-0.2, 0) is 9.53 Å². The van der Waals surface area contributed by atoms with Crippen molar-refractivity contribution in [2.24, 2.45) is 0 Å². The second-order valence-electron chi connectivity index (χ2n) is 7.42. The third-order valence-electron chi connectivity index (χ3n) is 5.11. The highest BCUT2D eigenvalue weighted by Gasteiger charge is 2.26. The Morgan fingerprint density at radius 2 is 2.13 bits per heavy atom. The summed E-state index contributed by atoms with van der Waals surface area (Å²) in [4.78, 5) is 28.3. The van der Waals surface area contributed by atoms with Crippen molar-refractivity contribution in [2.75, 3.05) is 18.5 Å². The second kappa shape index (κ2) is 9.18. The number of rotatable bonds is 8. The number of aromatic nitrogens is 1. The number of aliphatic hydroxyl groups is 1. The molecule has 0 radical (unpaired) electrons. The van der Waals surface area contributed by atoms with E-state index in [-0.39, 0.29) is 36.6 Å². The number of hydrogen-bond acceptors (Lipinski definition) is 4. The number of carbonyl (C=O) groups is 2. The topological polar surface area (TPSA) is 103 Å². The number of aromatic amines is 1. The Balaban J connectivity index is 1.84. The Kier molecular flexibility index (Phi) is 6.60. The highest BCUT2D eigenvalue weighted by Crippen LogP contribution is 2.34. The maximum atomic E-state index is 13.7. The third-order valence-corrected chi connectivity index (χ3v) is 5.11. The predicted molar refractivity (Wildman–Crippen MR) is 117 cm³/mol. The van der Waals surface area contributed by atoms with E-state index in [1.54, 1.807) is 19.9 Å². The zero-order chi connectivity index (χ0) is 22.7. The number of aliphatic hydroxyl groups excluding tert-OH is 1. The molecular formula is C23H26FN3O4. The van der Waals surface area contributed by atoms with Crippen molar-refractivity contribution in [1.29, 1.82) is 0 Å². The van der Waals surface area contributed by atoms with Crippen LogP contribution < -0.4 is 10.6 Å². The van der Waals surface area contributed by atoms with Gasteiger partial charge in [0.15, 0.2) is 0 Å². The number of anilines is 1. The van der Waals surface area contributed by atoms with Crippen LogP contribution >= 0.6 is 0 Å². The molecule has 7 nitrogen and oxygen atoms in total. The SMILES string of the molecule is C=C(O)CC(CNC(=O)c1c(C)[nH]c(/C=C2\C(=O)Nc3ccc(F)cc32)c1C)OCC. The van der Waals surface area contributed by atoms with E-state index >= 15 is 0 Å². The van der Waals surface area contributed by atoms with Crippen LogP contribution in [0.4, 0.5) is 10.1 Å². The fraction of sp³-hybridized carbons (Fsp3) is 0.304. The average Bonchev–Trinajstić information content (AvgIpc) is 3.15. The highest BCUT2D eigenvalue weighted by molar-refractivity contribution is 6.34. The normalized spacial score (nSPS) is 15.0. The van der Waals surface area contributed by atoms with Crippen molar-refractivity contribution in [3.63, 3.8) is 0 Å². The van der Waals surface area contributed by atoms with Gasteiger partial charge in [-0.15, -0.1) is 0 Å². The van der Waals surface area contributed by atoms with Gasteiger partial charge in [0.25, 0.3) is 11.8 Å². The van der Waals surface area contributed by atoms with E-state index in [0.29, 0.717) is 45.9 Å². The minimum absolute atomic E-state index is 0.0119. The quantitative estimate of drug-likeness (QED) is 0.379. The van der Waals surface area contributed by atoms with Crippen molar-refractivity contribution < 1.29 is 23.8 Å². The summed E-state index contributed by atoms with van der Waals surface area (Å²) in [7, 11) is 0. The monoisotopic (exact) mass is 427 g/mol. The van der Waals surface area contributed by atoms with Gasteiger partial charge in [0, 0.05) is 42.2 Å².